The minimum absolute atomic E-state index is 0.0516. The van der Waals surface area contributed by atoms with Crippen LogP contribution in [0.15, 0.2) is 0 Å². The van der Waals surface area contributed by atoms with Gasteiger partial charge in [-0.25, -0.2) is 0 Å². The highest BCUT2D eigenvalue weighted by atomic mass is 16.6. The number of hydrogen-bond acceptors (Lipinski definition) is 3. The molecule has 4 fully saturated rings. The molecule has 5 unspecified atom stereocenters. The molecular weight excluding hydrogens is 240 g/mol. The van der Waals surface area contributed by atoms with Crippen molar-refractivity contribution < 1.29 is 14.6 Å². The average Bonchev–Trinajstić information content (AvgIpc) is 3.02. The molecule has 19 heavy (non-hydrogen) atoms. The topological polar surface area (TPSA) is 38.7 Å². The second-order valence-electron chi connectivity index (χ2n) is 7.27. The Hall–Kier alpha value is -0.120. The van der Waals surface area contributed by atoms with Crippen molar-refractivity contribution >= 4 is 0 Å². The van der Waals surface area contributed by atoms with E-state index in [1.54, 1.807) is 0 Å². The van der Waals surface area contributed by atoms with Crippen molar-refractivity contribution in [3.63, 3.8) is 0 Å². The number of hydrogen-bond donors (Lipinski definition) is 1. The molecule has 0 bridgehead atoms. The molecule has 2 saturated heterocycles. The van der Waals surface area contributed by atoms with Crippen molar-refractivity contribution in [1.29, 1.82) is 0 Å². The van der Waals surface area contributed by atoms with E-state index in [1.165, 1.54) is 25.7 Å². The van der Waals surface area contributed by atoms with Crippen LogP contribution in [0.5, 0.6) is 0 Å². The monoisotopic (exact) mass is 266 g/mol. The summed E-state index contributed by atoms with van der Waals surface area (Å²) in [4.78, 5) is 0. The number of ether oxygens (including phenoxy) is 2. The summed E-state index contributed by atoms with van der Waals surface area (Å²) in [5.74, 6) is 2.76. The Morgan fingerprint density at radius 3 is 2.53 bits per heavy atom. The van der Waals surface area contributed by atoms with Gasteiger partial charge in [0.05, 0.1) is 18.3 Å². The van der Waals surface area contributed by atoms with Gasteiger partial charge in [0.2, 0.25) is 0 Å². The van der Waals surface area contributed by atoms with Gasteiger partial charge in [-0.1, -0.05) is 12.8 Å². The minimum atomic E-state index is -0.0746. The maximum atomic E-state index is 10.8. The smallest absolute Gasteiger partial charge is 0.0940 e. The molecule has 2 aliphatic heterocycles. The van der Waals surface area contributed by atoms with Crippen LogP contribution in [0.25, 0.3) is 0 Å². The molecule has 1 N–H and O–H groups in total. The van der Waals surface area contributed by atoms with Crippen molar-refractivity contribution in [3.8, 4) is 0 Å². The summed E-state index contributed by atoms with van der Waals surface area (Å²) < 4.78 is 11.5. The summed E-state index contributed by atoms with van der Waals surface area (Å²) in [6.07, 6.45) is 8.51. The third-order valence-electron chi connectivity index (χ3n) is 6.20. The Morgan fingerprint density at radius 1 is 1.05 bits per heavy atom. The Balaban J connectivity index is 1.41. The van der Waals surface area contributed by atoms with Gasteiger partial charge in [0, 0.05) is 19.6 Å². The second kappa shape index (κ2) is 4.71. The maximum Gasteiger partial charge on any atom is 0.0940 e. The highest BCUT2D eigenvalue weighted by Crippen LogP contribution is 2.59. The van der Waals surface area contributed by atoms with E-state index in [4.69, 9.17) is 9.47 Å². The van der Waals surface area contributed by atoms with Crippen LogP contribution >= 0.6 is 0 Å². The third-order valence-corrected chi connectivity index (χ3v) is 6.20. The fraction of sp³-hybridized carbons (Fsp3) is 1.00. The predicted octanol–water partition coefficient (Wildman–Crippen LogP) is 2.37. The standard InChI is InChI=1S/C16H26O3/c17-15(14-12-3-1-2-4-13(12)14)11-5-7-19-16(9-11)6-8-18-10-16/h11-15,17H,1-10H2. The zero-order chi connectivity index (χ0) is 12.9. The Labute approximate surface area is 115 Å². The van der Waals surface area contributed by atoms with Crippen LogP contribution in [-0.4, -0.2) is 36.6 Å². The molecule has 2 aliphatic carbocycles. The lowest BCUT2D eigenvalue weighted by Crippen LogP contribution is -2.44. The Morgan fingerprint density at radius 2 is 1.84 bits per heavy atom. The predicted molar refractivity (Wildman–Crippen MR) is 71.8 cm³/mol. The van der Waals surface area contributed by atoms with E-state index in [-0.39, 0.29) is 11.7 Å². The zero-order valence-corrected chi connectivity index (χ0v) is 11.7. The van der Waals surface area contributed by atoms with Gasteiger partial charge in [0.15, 0.2) is 0 Å². The fourth-order valence-corrected chi connectivity index (χ4v) is 5.09. The highest BCUT2D eigenvalue weighted by Gasteiger charge is 2.56. The molecule has 2 saturated carbocycles. The quantitative estimate of drug-likeness (QED) is 0.834. The summed E-state index contributed by atoms with van der Waals surface area (Å²) in [5, 5.41) is 10.8. The van der Waals surface area contributed by atoms with Crippen molar-refractivity contribution in [3.05, 3.63) is 0 Å². The molecule has 108 valence electrons. The fourth-order valence-electron chi connectivity index (χ4n) is 5.09. The molecule has 0 aromatic rings. The second-order valence-corrected chi connectivity index (χ2v) is 7.27. The number of fused-ring (bicyclic) bond motifs is 1. The van der Waals surface area contributed by atoms with Crippen LogP contribution in [0.1, 0.15) is 44.9 Å². The normalized spacial score (nSPS) is 51.0. The molecule has 0 aromatic carbocycles. The number of aliphatic hydroxyl groups excluding tert-OH is 1. The van der Waals surface area contributed by atoms with Crippen LogP contribution in [0.4, 0.5) is 0 Å². The first-order valence-corrected chi connectivity index (χ1v) is 8.19. The summed E-state index contributed by atoms with van der Waals surface area (Å²) in [6, 6.07) is 0. The molecule has 0 radical (unpaired) electrons. The van der Waals surface area contributed by atoms with Gasteiger partial charge in [-0.2, -0.15) is 0 Å². The van der Waals surface area contributed by atoms with Gasteiger partial charge in [-0.15, -0.1) is 0 Å². The summed E-state index contributed by atoms with van der Waals surface area (Å²) in [5.41, 5.74) is -0.0516. The van der Waals surface area contributed by atoms with Crippen LogP contribution in [0.3, 0.4) is 0 Å². The van der Waals surface area contributed by atoms with Crippen LogP contribution < -0.4 is 0 Å². The maximum absolute atomic E-state index is 10.8. The van der Waals surface area contributed by atoms with E-state index in [0.717, 1.165) is 50.9 Å². The molecular formula is C16H26O3. The van der Waals surface area contributed by atoms with Crippen molar-refractivity contribution in [2.75, 3.05) is 19.8 Å². The molecule has 3 heteroatoms. The molecule has 0 amide bonds. The zero-order valence-electron chi connectivity index (χ0n) is 11.7. The first kappa shape index (κ1) is 12.6. The van der Waals surface area contributed by atoms with E-state index in [2.05, 4.69) is 0 Å². The van der Waals surface area contributed by atoms with Gasteiger partial charge in [0.1, 0.15) is 0 Å². The van der Waals surface area contributed by atoms with Crippen LogP contribution in [0, 0.1) is 23.7 Å². The lowest BCUT2D eigenvalue weighted by atomic mass is 9.80. The van der Waals surface area contributed by atoms with Crippen LogP contribution in [0.2, 0.25) is 0 Å². The van der Waals surface area contributed by atoms with Crippen molar-refractivity contribution in [2.45, 2.75) is 56.7 Å². The third kappa shape index (κ3) is 2.14. The lowest BCUT2D eigenvalue weighted by molar-refractivity contribution is -0.119. The van der Waals surface area contributed by atoms with Crippen molar-refractivity contribution in [2.24, 2.45) is 23.7 Å². The summed E-state index contributed by atoms with van der Waals surface area (Å²) in [7, 11) is 0. The largest absolute Gasteiger partial charge is 0.393 e. The molecule has 0 aromatic heterocycles. The summed E-state index contributed by atoms with van der Waals surface area (Å²) >= 11 is 0. The van der Waals surface area contributed by atoms with Gasteiger partial charge in [-0.05, 0) is 49.4 Å². The number of aliphatic hydroxyl groups is 1. The van der Waals surface area contributed by atoms with E-state index in [9.17, 15) is 5.11 Å². The van der Waals surface area contributed by atoms with Crippen LogP contribution in [-0.2, 0) is 9.47 Å². The molecule has 2 heterocycles. The average molecular weight is 266 g/mol. The van der Waals surface area contributed by atoms with E-state index < -0.39 is 0 Å². The van der Waals surface area contributed by atoms with Crippen molar-refractivity contribution in [1.82, 2.24) is 0 Å². The van der Waals surface area contributed by atoms with Gasteiger partial charge < -0.3 is 14.6 Å². The Kier molecular flexibility index (Phi) is 3.13. The van der Waals surface area contributed by atoms with E-state index in [0.29, 0.717) is 11.8 Å². The molecule has 4 rings (SSSR count). The molecule has 4 aliphatic rings. The van der Waals surface area contributed by atoms with Gasteiger partial charge in [-0.3, -0.25) is 0 Å². The first-order chi connectivity index (χ1) is 9.29. The molecule has 5 atom stereocenters. The molecule has 3 nitrogen and oxygen atoms in total. The minimum Gasteiger partial charge on any atom is -0.393 e. The van der Waals surface area contributed by atoms with Gasteiger partial charge >= 0.3 is 0 Å². The molecule has 1 spiro atoms. The van der Waals surface area contributed by atoms with E-state index >= 15 is 0 Å². The van der Waals surface area contributed by atoms with Gasteiger partial charge in [0.25, 0.3) is 0 Å². The first-order valence-electron chi connectivity index (χ1n) is 8.19. The Bertz CT molecular complexity index is 325. The van der Waals surface area contributed by atoms with E-state index in [1.807, 2.05) is 0 Å². The highest BCUT2D eigenvalue weighted by molar-refractivity contribution is 5.05. The number of rotatable bonds is 2. The summed E-state index contributed by atoms with van der Waals surface area (Å²) in [6.45, 7) is 2.39. The lowest BCUT2D eigenvalue weighted by Gasteiger charge is -2.39. The SMILES string of the molecule is OC(C1CCOC2(CCOC2)C1)C1C2CCCCC21.